The Kier molecular flexibility index (Phi) is 4.13. The van der Waals surface area contributed by atoms with Gasteiger partial charge in [0, 0.05) is 11.6 Å². The van der Waals surface area contributed by atoms with Gasteiger partial charge in [0.2, 0.25) is 0 Å². The second-order valence-electron chi connectivity index (χ2n) is 5.22. The highest BCUT2D eigenvalue weighted by Crippen LogP contribution is 2.31. The molecule has 0 bridgehead atoms. The van der Waals surface area contributed by atoms with Crippen LogP contribution in [-0.4, -0.2) is 11.7 Å². The summed E-state index contributed by atoms with van der Waals surface area (Å²) in [5.41, 5.74) is 2.58. The van der Waals surface area contributed by atoms with Gasteiger partial charge in [0.1, 0.15) is 17.4 Å². The molecule has 0 unspecified atom stereocenters. The van der Waals surface area contributed by atoms with E-state index < -0.39 is 0 Å². The monoisotopic (exact) mass is 282 g/mol. The highest BCUT2D eigenvalue weighted by Gasteiger charge is 2.16. The molecular formula is C17H18N2O2. The van der Waals surface area contributed by atoms with Gasteiger partial charge in [-0.2, -0.15) is 5.26 Å². The zero-order valence-electron chi connectivity index (χ0n) is 12.7. The van der Waals surface area contributed by atoms with Crippen LogP contribution in [0, 0.1) is 18.3 Å². The van der Waals surface area contributed by atoms with Crippen LogP contribution in [0.15, 0.2) is 35.1 Å². The second kappa shape index (κ2) is 5.84. The molecule has 0 radical (unpaired) electrons. The van der Waals surface area contributed by atoms with Crippen LogP contribution < -0.4 is 10.3 Å². The van der Waals surface area contributed by atoms with Crippen LogP contribution in [0.3, 0.4) is 0 Å². The molecule has 1 aromatic heterocycles. The molecule has 4 nitrogen and oxygen atoms in total. The molecule has 1 aromatic carbocycles. The summed E-state index contributed by atoms with van der Waals surface area (Å²) in [6.07, 6.45) is 0. The maximum absolute atomic E-state index is 12.4. The third-order valence-corrected chi connectivity index (χ3v) is 3.38. The van der Waals surface area contributed by atoms with Crippen molar-refractivity contribution < 1.29 is 4.74 Å². The fraction of sp³-hybridized carbons (Fsp3) is 0.294. The van der Waals surface area contributed by atoms with Crippen molar-refractivity contribution in [2.24, 2.45) is 0 Å². The van der Waals surface area contributed by atoms with Crippen LogP contribution in [-0.2, 0) is 0 Å². The van der Waals surface area contributed by atoms with E-state index in [2.05, 4.69) is 0 Å². The van der Waals surface area contributed by atoms with E-state index in [1.807, 2.05) is 45.0 Å². The van der Waals surface area contributed by atoms with Crippen LogP contribution in [0.2, 0.25) is 0 Å². The standard InChI is InChI=1S/C17H18N2O2/c1-11(2)19-15(7-6-13(10-18)17(19)20)14-9-12(3)5-8-16(14)21-4/h5-9,11H,1-4H3. The lowest BCUT2D eigenvalue weighted by Crippen LogP contribution is -2.25. The predicted molar refractivity (Wildman–Crippen MR) is 82.5 cm³/mol. The SMILES string of the molecule is COc1ccc(C)cc1-c1ccc(C#N)c(=O)n1C(C)C. The second-order valence-corrected chi connectivity index (χ2v) is 5.22. The molecule has 0 fully saturated rings. The average molecular weight is 282 g/mol. The van der Waals surface area contributed by atoms with Crippen LogP contribution in [0.25, 0.3) is 11.3 Å². The molecule has 0 spiro atoms. The Balaban J connectivity index is 2.82. The van der Waals surface area contributed by atoms with Gasteiger partial charge in [-0.05, 0) is 45.0 Å². The molecule has 0 saturated heterocycles. The Morgan fingerprint density at radius 3 is 2.52 bits per heavy atom. The number of aromatic nitrogens is 1. The minimum Gasteiger partial charge on any atom is -0.496 e. The Hall–Kier alpha value is -2.54. The quantitative estimate of drug-likeness (QED) is 0.868. The van der Waals surface area contributed by atoms with E-state index in [0.717, 1.165) is 16.8 Å². The molecule has 0 aliphatic carbocycles. The minimum absolute atomic E-state index is 0.0500. The first kappa shape index (κ1) is 14.9. The smallest absolute Gasteiger partial charge is 0.269 e. The molecule has 0 N–H and O–H groups in total. The number of rotatable bonds is 3. The van der Waals surface area contributed by atoms with Crippen molar-refractivity contribution in [2.45, 2.75) is 26.8 Å². The lowest BCUT2D eigenvalue weighted by molar-refractivity contribution is 0.415. The summed E-state index contributed by atoms with van der Waals surface area (Å²) in [4.78, 5) is 12.4. The van der Waals surface area contributed by atoms with Crippen molar-refractivity contribution in [2.75, 3.05) is 7.11 Å². The van der Waals surface area contributed by atoms with Gasteiger partial charge in [0.25, 0.3) is 5.56 Å². The van der Waals surface area contributed by atoms with E-state index in [4.69, 9.17) is 10.00 Å². The minimum atomic E-state index is -0.270. The van der Waals surface area contributed by atoms with E-state index in [1.165, 1.54) is 0 Å². The molecule has 0 amide bonds. The normalized spacial score (nSPS) is 10.5. The van der Waals surface area contributed by atoms with Crippen LogP contribution in [0.4, 0.5) is 0 Å². The summed E-state index contributed by atoms with van der Waals surface area (Å²) >= 11 is 0. The van der Waals surface area contributed by atoms with Gasteiger partial charge in [-0.1, -0.05) is 11.6 Å². The van der Waals surface area contributed by atoms with Crippen LogP contribution in [0.1, 0.15) is 31.0 Å². The lowest BCUT2D eigenvalue weighted by Gasteiger charge is -2.19. The predicted octanol–water partition coefficient (Wildman–Crippen LogP) is 3.28. The number of nitrogens with zero attached hydrogens (tertiary/aromatic N) is 2. The average Bonchev–Trinajstić information content (AvgIpc) is 2.46. The van der Waals surface area contributed by atoms with Gasteiger partial charge < -0.3 is 9.30 Å². The number of nitriles is 1. The first-order valence-electron chi connectivity index (χ1n) is 6.80. The van der Waals surface area contributed by atoms with Gasteiger partial charge >= 0.3 is 0 Å². The Morgan fingerprint density at radius 2 is 1.95 bits per heavy atom. The Bertz CT molecular complexity index is 767. The van der Waals surface area contributed by atoms with E-state index in [1.54, 1.807) is 23.8 Å². The molecule has 21 heavy (non-hydrogen) atoms. The molecule has 0 saturated carbocycles. The fourth-order valence-electron chi connectivity index (χ4n) is 2.39. The number of benzene rings is 1. The molecular weight excluding hydrogens is 264 g/mol. The van der Waals surface area contributed by atoms with Gasteiger partial charge in [-0.25, -0.2) is 0 Å². The molecule has 1 heterocycles. The summed E-state index contributed by atoms with van der Waals surface area (Å²) in [6.45, 7) is 5.84. The van der Waals surface area contributed by atoms with E-state index >= 15 is 0 Å². The van der Waals surface area contributed by atoms with Crippen molar-refractivity contribution in [1.82, 2.24) is 4.57 Å². The Labute approximate surface area is 124 Å². The lowest BCUT2D eigenvalue weighted by atomic mass is 10.0. The molecule has 108 valence electrons. The van der Waals surface area contributed by atoms with Gasteiger partial charge in [0.15, 0.2) is 0 Å². The zero-order chi connectivity index (χ0) is 15.6. The van der Waals surface area contributed by atoms with Crippen molar-refractivity contribution in [3.8, 4) is 23.1 Å². The van der Waals surface area contributed by atoms with E-state index in [9.17, 15) is 4.79 Å². The third-order valence-electron chi connectivity index (χ3n) is 3.38. The van der Waals surface area contributed by atoms with Gasteiger partial charge in [0.05, 0.1) is 12.8 Å². The Morgan fingerprint density at radius 1 is 1.24 bits per heavy atom. The number of hydrogen-bond acceptors (Lipinski definition) is 3. The van der Waals surface area contributed by atoms with Crippen LogP contribution >= 0.6 is 0 Å². The molecule has 0 atom stereocenters. The number of hydrogen-bond donors (Lipinski definition) is 0. The first-order valence-corrected chi connectivity index (χ1v) is 6.80. The number of methoxy groups -OCH3 is 1. The highest BCUT2D eigenvalue weighted by molar-refractivity contribution is 5.69. The summed E-state index contributed by atoms with van der Waals surface area (Å²) in [5.74, 6) is 0.708. The van der Waals surface area contributed by atoms with Crippen LogP contribution in [0.5, 0.6) is 5.75 Å². The van der Waals surface area contributed by atoms with E-state index in [0.29, 0.717) is 5.75 Å². The van der Waals surface area contributed by atoms with Crippen molar-refractivity contribution >= 4 is 0 Å². The number of pyridine rings is 1. The van der Waals surface area contributed by atoms with Crippen molar-refractivity contribution in [1.29, 1.82) is 5.26 Å². The summed E-state index contributed by atoms with van der Waals surface area (Å²) < 4.78 is 7.04. The summed E-state index contributed by atoms with van der Waals surface area (Å²) in [6, 6.07) is 11.1. The van der Waals surface area contributed by atoms with Gasteiger partial charge in [-0.15, -0.1) is 0 Å². The maximum atomic E-state index is 12.4. The summed E-state index contributed by atoms with van der Waals surface area (Å²) in [7, 11) is 1.61. The molecule has 2 rings (SSSR count). The molecule has 0 aliphatic rings. The first-order chi connectivity index (χ1) is 9.99. The number of aryl methyl sites for hydroxylation is 1. The zero-order valence-corrected chi connectivity index (χ0v) is 12.7. The molecule has 2 aromatic rings. The topological polar surface area (TPSA) is 55.0 Å². The highest BCUT2D eigenvalue weighted by atomic mass is 16.5. The van der Waals surface area contributed by atoms with Crippen molar-refractivity contribution in [3.05, 3.63) is 51.8 Å². The van der Waals surface area contributed by atoms with Crippen molar-refractivity contribution in [3.63, 3.8) is 0 Å². The summed E-state index contributed by atoms with van der Waals surface area (Å²) in [5, 5.41) is 9.04. The fourth-order valence-corrected chi connectivity index (χ4v) is 2.39. The number of ether oxygens (including phenoxy) is 1. The third kappa shape index (κ3) is 2.68. The largest absolute Gasteiger partial charge is 0.496 e. The van der Waals surface area contributed by atoms with E-state index in [-0.39, 0.29) is 17.2 Å². The molecule has 0 aliphatic heterocycles. The van der Waals surface area contributed by atoms with Gasteiger partial charge in [-0.3, -0.25) is 4.79 Å². The maximum Gasteiger partial charge on any atom is 0.269 e. The molecule has 4 heteroatoms.